The molecule has 0 N–H and O–H groups in total. The van der Waals surface area contributed by atoms with E-state index in [1.54, 1.807) is 24.3 Å². The third kappa shape index (κ3) is 8.12. The molecular formula is C42H36F6N2O6S2. The van der Waals surface area contributed by atoms with Crippen molar-refractivity contribution in [2.24, 2.45) is 0 Å². The molecule has 1 aliphatic carbocycles. The van der Waals surface area contributed by atoms with Crippen LogP contribution < -0.4 is 4.90 Å². The number of allylic oxidation sites excluding steroid dienone is 2. The zero-order valence-corrected chi connectivity index (χ0v) is 32.6. The standard InChI is InChI=1S/C42H36F6N2O6S2/c1-27-33(26-36(57-27)29-9-13-30(14-10-29)49-16-18-53-20-22-55-24-25-56-23-21-54-19-17-49)38-39(41(45,46)42(47,48)40(38,43)44)37-32-4-2-3-5-34(32)58-35(37)15-8-28-6-11-31(12-7-28)50(51)52/h2-7,9-14,26H,16-25H2,1H3. The first-order valence-corrected chi connectivity index (χ1v) is 19.9. The molecule has 1 saturated heterocycles. The van der Waals surface area contributed by atoms with Gasteiger partial charge in [-0.05, 0) is 60.4 Å². The Bertz CT molecular complexity index is 2350. The second-order valence-corrected chi connectivity index (χ2v) is 15.7. The molecule has 7 rings (SSSR count). The summed E-state index contributed by atoms with van der Waals surface area (Å²) in [4.78, 5) is 13.0. The highest BCUT2D eigenvalue weighted by atomic mass is 32.1. The molecular weight excluding hydrogens is 807 g/mol. The Morgan fingerprint density at radius 2 is 1.28 bits per heavy atom. The fourth-order valence-corrected chi connectivity index (χ4v) is 8.87. The predicted molar refractivity (Wildman–Crippen MR) is 213 cm³/mol. The molecule has 5 aromatic rings. The molecule has 1 fully saturated rings. The number of thiophene rings is 2. The number of nitro groups is 1. The topological polar surface area (TPSA) is 83.3 Å². The zero-order chi connectivity index (χ0) is 41.1. The summed E-state index contributed by atoms with van der Waals surface area (Å²) in [6.45, 7) is 5.95. The van der Waals surface area contributed by atoms with Crippen molar-refractivity contribution in [2.75, 3.05) is 70.8 Å². The molecule has 8 nitrogen and oxygen atoms in total. The van der Waals surface area contributed by atoms with Crippen LogP contribution in [0.5, 0.6) is 0 Å². The van der Waals surface area contributed by atoms with Crippen LogP contribution in [0.4, 0.5) is 37.7 Å². The van der Waals surface area contributed by atoms with E-state index < -0.39 is 45.0 Å². The van der Waals surface area contributed by atoms with E-state index in [2.05, 4.69) is 16.7 Å². The smallest absolute Gasteiger partial charge is 0.377 e. The first-order valence-electron chi connectivity index (χ1n) is 18.3. The number of ether oxygens (including phenoxy) is 4. The van der Waals surface area contributed by atoms with E-state index >= 15 is 26.3 Å². The van der Waals surface area contributed by atoms with Crippen molar-refractivity contribution in [1.29, 1.82) is 0 Å². The highest BCUT2D eigenvalue weighted by Gasteiger charge is 2.80. The molecule has 2 aromatic heterocycles. The van der Waals surface area contributed by atoms with Crippen LogP contribution in [0.25, 0.3) is 31.7 Å². The summed E-state index contributed by atoms with van der Waals surface area (Å²) in [7, 11) is 0. The van der Waals surface area contributed by atoms with Gasteiger partial charge in [0.15, 0.2) is 0 Å². The number of anilines is 1. The Morgan fingerprint density at radius 3 is 1.88 bits per heavy atom. The van der Waals surface area contributed by atoms with Gasteiger partial charge in [0.2, 0.25) is 0 Å². The summed E-state index contributed by atoms with van der Waals surface area (Å²) < 4.78 is 119. The normalized spacial score (nSPS) is 19.0. The van der Waals surface area contributed by atoms with Crippen LogP contribution in [-0.4, -0.2) is 88.6 Å². The number of hydrogen-bond donors (Lipinski definition) is 0. The van der Waals surface area contributed by atoms with Gasteiger partial charge in [0.1, 0.15) is 0 Å². The lowest BCUT2D eigenvalue weighted by Gasteiger charge is -2.25. The van der Waals surface area contributed by atoms with Crippen LogP contribution in [0.2, 0.25) is 0 Å². The number of hydrogen-bond acceptors (Lipinski definition) is 9. The second-order valence-electron chi connectivity index (χ2n) is 13.4. The molecule has 2 aliphatic rings. The van der Waals surface area contributed by atoms with Crippen LogP contribution >= 0.6 is 22.7 Å². The highest BCUT2D eigenvalue weighted by molar-refractivity contribution is 7.20. The molecule has 0 atom stereocenters. The summed E-state index contributed by atoms with van der Waals surface area (Å²) in [5.74, 6) is -10.9. The van der Waals surface area contributed by atoms with Gasteiger partial charge >= 0.3 is 17.8 Å². The van der Waals surface area contributed by atoms with Gasteiger partial charge in [-0.1, -0.05) is 36.3 Å². The molecule has 0 saturated carbocycles. The monoisotopic (exact) mass is 842 g/mol. The minimum Gasteiger partial charge on any atom is -0.377 e. The minimum atomic E-state index is -5.78. The number of non-ortho nitro benzene ring substituents is 1. The van der Waals surface area contributed by atoms with Crippen molar-refractivity contribution in [3.05, 3.63) is 115 Å². The summed E-state index contributed by atoms with van der Waals surface area (Å²) in [6.07, 6.45) is 0. The molecule has 3 heterocycles. The lowest BCUT2D eigenvalue weighted by molar-refractivity contribution is -0.384. The number of fused-ring (bicyclic) bond motifs is 1. The van der Waals surface area contributed by atoms with Crippen molar-refractivity contribution < 1.29 is 50.2 Å². The Labute approximate surface area is 337 Å². The lowest BCUT2D eigenvalue weighted by atomic mass is 9.92. The molecule has 16 heteroatoms. The fraction of sp³-hybridized carbons (Fsp3) is 0.333. The van der Waals surface area contributed by atoms with Crippen LogP contribution in [0, 0.1) is 28.9 Å². The number of benzene rings is 3. The number of alkyl halides is 6. The average molecular weight is 843 g/mol. The Balaban J connectivity index is 1.27. The van der Waals surface area contributed by atoms with Crippen LogP contribution in [-0.2, 0) is 18.9 Å². The number of nitrogens with zero attached hydrogens (tertiary/aromatic N) is 2. The first-order chi connectivity index (χ1) is 27.8. The van der Waals surface area contributed by atoms with Gasteiger partial charge in [-0.2, -0.15) is 26.3 Å². The zero-order valence-electron chi connectivity index (χ0n) is 31.0. The molecule has 1 aliphatic heterocycles. The maximum atomic E-state index is 16.2. The summed E-state index contributed by atoms with van der Waals surface area (Å²) in [6, 6.07) is 19.6. The number of nitro benzene ring substituents is 1. The first kappa shape index (κ1) is 41.4. The molecule has 3 aromatic carbocycles. The number of halogens is 6. The van der Waals surface area contributed by atoms with Gasteiger partial charge < -0.3 is 23.8 Å². The fourth-order valence-electron chi connectivity index (χ4n) is 6.78. The van der Waals surface area contributed by atoms with Crippen LogP contribution in [0.1, 0.15) is 26.4 Å². The quantitative estimate of drug-likeness (QED) is 0.0755. The van der Waals surface area contributed by atoms with E-state index in [1.807, 2.05) is 12.1 Å². The number of aryl methyl sites for hydroxylation is 1. The van der Waals surface area contributed by atoms with Gasteiger partial charge in [-0.25, -0.2) is 0 Å². The maximum Gasteiger partial charge on any atom is 0.380 e. The van der Waals surface area contributed by atoms with E-state index in [4.69, 9.17) is 18.9 Å². The number of rotatable bonds is 5. The third-order valence-corrected chi connectivity index (χ3v) is 11.9. The van der Waals surface area contributed by atoms with Gasteiger partial charge in [0.05, 0.1) is 62.7 Å². The largest absolute Gasteiger partial charge is 0.380 e. The lowest BCUT2D eigenvalue weighted by Crippen LogP contribution is -2.48. The molecule has 0 bridgehead atoms. The van der Waals surface area contributed by atoms with Gasteiger partial charge in [-0.3, -0.25) is 10.1 Å². The van der Waals surface area contributed by atoms with E-state index in [1.165, 1.54) is 49.4 Å². The Kier molecular flexibility index (Phi) is 12.3. The van der Waals surface area contributed by atoms with Gasteiger partial charge in [0.25, 0.3) is 5.69 Å². The Morgan fingerprint density at radius 1 is 0.707 bits per heavy atom. The average Bonchev–Trinajstić information content (AvgIpc) is 3.79. The van der Waals surface area contributed by atoms with Crippen LogP contribution in [0.3, 0.4) is 0 Å². The minimum absolute atomic E-state index is 0.0607. The summed E-state index contributed by atoms with van der Waals surface area (Å²) in [5.41, 5.74) is -2.43. The van der Waals surface area contributed by atoms with E-state index in [-0.39, 0.29) is 26.4 Å². The van der Waals surface area contributed by atoms with Crippen molar-refractivity contribution in [3.63, 3.8) is 0 Å². The molecule has 58 heavy (non-hydrogen) atoms. The highest BCUT2D eigenvalue weighted by Crippen LogP contribution is 2.66. The summed E-state index contributed by atoms with van der Waals surface area (Å²) in [5, 5.41) is 11.2. The maximum absolute atomic E-state index is 16.2. The van der Waals surface area contributed by atoms with Crippen molar-refractivity contribution in [3.8, 4) is 22.3 Å². The molecule has 0 amide bonds. The molecule has 0 spiro atoms. The van der Waals surface area contributed by atoms with Gasteiger partial charge in [-0.15, -0.1) is 22.7 Å². The van der Waals surface area contributed by atoms with Crippen LogP contribution in [0.15, 0.2) is 78.9 Å². The van der Waals surface area contributed by atoms with Crippen molar-refractivity contribution >= 4 is 55.3 Å². The van der Waals surface area contributed by atoms with Crippen molar-refractivity contribution in [1.82, 2.24) is 0 Å². The van der Waals surface area contributed by atoms with E-state index in [9.17, 15) is 10.1 Å². The van der Waals surface area contributed by atoms with Gasteiger partial charge in [0, 0.05) is 73.0 Å². The van der Waals surface area contributed by atoms with E-state index in [0.717, 1.165) is 28.4 Å². The second kappa shape index (κ2) is 17.2. The Hall–Kier alpha value is -4.76. The predicted octanol–water partition coefficient (Wildman–Crippen LogP) is 9.96. The summed E-state index contributed by atoms with van der Waals surface area (Å²) >= 11 is 1.93. The SMILES string of the molecule is Cc1sc(-c2ccc(N3CCOCCOCCOCCOCC3)cc2)cc1C1=C(c2c(C#Cc3ccc([N+](=O)[O-])cc3)sc3ccccc23)C(F)(F)C(F)(F)C1(F)F. The molecule has 304 valence electrons. The molecule has 0 radical (unpaired) electrons. The van der Waals surface area contributed by atoms with Crippen molar-refractivity contribution in [2.45, 2.75) is 24.7 Å². The van der Waals surface area contributed by atoms with E-state index in [0.29, 0.717) is 81.1 Å². The molecule has 0 unspecified atom stereocenters. The third-order valence-electron chi connectivity index (χ3n) is 9.74.